The Labute approximate surface area is 336 Å². The first-order valence-corrected chi connectivity index (χ1v) is 20.0. The van der Waals surface area contributed by atoms with Crippen LogP contribution in [0.1, 0.15) is 0 Å². The molecular weight excluding hydrogens is 701 g/mol. The van der Waals surface area contributed by atoms with Gasteiger partial charge in [-0.05, 0) is 149 Å². The lowest BCUT2D eigenvalue weighted by Gasteiger charge is -2.27. The van der Waals surface area contributed by atoms with Crippen LogP contribution in [0.2, 0.25) is 0 Å². The predicted molar refractivity (Wildman–Crippen MR) is 249 cm³/mol. The number of nitrogens with zero attached hydrogens (tertiary/aromatic N) is 2. The van der Waals surface area contributed by atoms with E-state index >= 15 is 0 Å². The minimum Gasteiger partial charge on any atom is -0.310 e. The fourth-order valence-corrected chi connectivity index (χ4v) is 9.39. The van der Waals surface area contributed by atoms with E-state index in [0.29, 0.717) is 0 Å². The minimum atomic E-state index is 1.11. The van der Waals surface area contributed by atoms with Crippen molar-refractivity contribution < 1.29 is 0 Å². The van der Waals surface area contributed by atoms with Crippen molar-refractivity contribution in [2.24, 2.45) is 0 Å². The molecule has 0 N–H and O–H groups in total. The van der Waals surface area contributed by atoms with Gasteiger partial charge in [0.2, 0.25) is 0 Å². The van der Waals surface area contributed by atoms with Crippen molar-refractivity contribution in [2.45, 2.75) is 0 Å². The number of rotatable bonds is 7. The van der Waals surface area contributed by atoms with Crippen LogP contribution in [0.5, 0.6) is 0 Å². The van der Waals surface area contributed by atoms with Crippen LogP contribution in [-0.4, -0.2) is 0 Å². The molecule has 2 heteroatoms. The third kappa shape index (κ3) is 5.19. The van der Waals surface area contributed by atoms with E-state index in [1.54, 1.807) is 0 Å². The zero-order valence-corrected chi connectivity index (χ0v) is 31.7. The van der Waals surface area contributed by atoms with Crippen LogP contribution in [0.15, 0.2) is 218 Å². The number of hydrogen-bond acceptors (Lipinski definition) is 2. The molecule has 12 aromatic rings. The summed E-state index contributed by atoms with van der Waals surface area (Å²) in [7, 11) is 0. The van der Waals surface area contributed by atoms with Gasteiger partial charge in [-0.2, -0.15) is 0 Å². The van der Waals surface area contributed by atoms with Crippen LogP contribution in [0.4, 0.5) is 34.1 Å². The predicted octanol–water partition coefficient (Wildman–Crippen LogP) is 16.1. The van der Waals surface area contributed by atoms with Crippen molar-refractivity contribution in [1.82, 2.24) is 0 Å². The molecule has 0 unspecified atom stereocenters. The third-order valence-corrected chi connectivity index (χ3v) is 12.0. The van der Waals surface area contributed by atoms with Gasteiger partial charge in [0.1, 0.15) is 0 Å². The Balaban J connectivity index is 0.914. The Kier molecular flexibility index (Phi) is 7.26. The lowest BCUT2D eigenvalue weighted by atomic mass is 9.93. The van der Waals surface area contributed by atoms with Gasteiger partial charge >= 0.3 is 0 Å². The van der Waals surface area contributed by atoms with E-state index in [0.717, 1.165) is 34.1 Å². The SMILES string of the molecule is c1ccc(N(c2ccc(-c3ccc(N(c4ccccc4)c4cc5ccc6cccc7ccc(c4)c5c67)cc3)cc2)c2cc3ccc4cccc5ccc(c2)c3c45)cc1. The zero-order chi connectivity index (χ0) is 38.2. The fraction of sp³-hybridized carbons (Fsp3) is 0. The molecule has 0 aliphatic carbocycles. The van der Waals surface area contributed by atoms with Crippen LogP contribution in [0.3, 0.4) is 0 Å². The van der Waals surface area contributed by atoms with E-state index in [4.69, 9.17) is 0 Å². The summed E-state index contributed by atoms with van der Waals surface area (Å²) in [5.41, 5.74) is 9.11. The average molecular weight is 737 g/mol. The van der Waals surface area contributed by atoms with Crippen molar-refractivity contribution in [3.8, 4) is 11.1 Å². The highest BCUT2D eigenvalue weighted by molar-refractivity contribution is 6.25. The van der Waals surface area contributed by atoms with Crippen LogP contribution < -0.4 is 9.80 Å². The minimum absolute atomic E-state index is 1.11. The topological polar surface area (TPSA) is 6.48 Å². The monoisotopic (exact) mass is 736 g/mol. The van der Waals surface area contributed by atoms with Gasteiger partial charge in [0, 0.05) is 34.1 Å². The molecule has 0 radical (unpaired) electrons. The Morgan fingerprint density at radius 1 is 0.190 bits per heavy atom. The summed E-state index contributed by atoms with van der Waals surface area (Å²) < 4.78 is 0. The molecule has 0 aliphatic heterocycles. The highest BCUT2D eigenvalue weighted by atomic mass is 15.1. The summed E-state index contributed by atoms with van der Waals surface area (Å²) in [6.07, 6.45) is 0. The van der Waals surface area contributed by atoms with Crippen molar-refractivity contribution >= 4 is 98.8 Å². The maximum Gasteiger partial charge on any atom is 0.0473 e. The van der Waals surface area contributed by atoms with Gasteiger partial charge in [-0.3, -0.25) is 0 Å². The van der Waals surface area contributed by atoms with Crippen LogP contribution in [0, 0.1) is 0 Å². The van der Waals surface area contributed by atoms with Gasteiger partial charge in [0.15, 0.2) is 0 Å². The fourth-order valence-electron chi connectivity index (χ4n) is 9.39. The largest absolute Gasteiger partial charge is 0.310 e. The zero-order valence-electron chi connectivity index (χ0n) is 31.7. The maximum atomic E-state index is 2.37. The van der Waals surface area contributed by atoms with E-state index in [2.05, 4.69) is 228 Å². The van der Waals surface area contributed by atoms with E-state index < -0.39 is 0 Å². The molecule has 2 nitrogen and oxygen atoms in total. The normalized spacial score (nSPS) is 11.8. The molecule has 58 heavy (non-hydrogen) atoms. The first kappa shape index (κ1) is 32.6. The molecule has 0 aromatic heterocycles. The summed E-state index contributed by atoms with van der Waals surface area (Å²) in [6.45, 7) is 0. The van der Waals surface area contributed by atoms with E-state index in [9.17, 15) is 0 Å². The molecule has 0 amide bonds. The molecular formula is C56H36N2. The molecule has 0 heterocycles. The molecule has 270 valence electrons. The molecule has 0 bridgehead atoms. The number of anilines is 6. The Hall–Kier alpha value is -7.68. The first-order valence-electron chi connectivity index (χ1n) is 20.0. The van der Waals surface area contributed by atoms with Crippen molar-refractivity contribution in [1.29, 1.82) is 0 Å². The maximum absolute atomic E-state index is 2.37. The molecule has 0 saturated carbocycles. The van der Waals surface area contributed by atoms with Crippen LogP contribution in [-0.2, 0) is 0 Å². The molecule has 12 aromatic carbocycles. The summed E-state index contributed by atoms with van der Waals surface area (Å²) in [5, 5.41) is 15.5. The highest BCUT2D eigenvalue weighted by Crippen LogP contribution is 2.44. The second-order valence-corrected chi connectivity index (χ2v) is 15.4. The van der Waals surface area contributed by atoms with Crippen LogP contribution >= 0.6 is 0 Å². The van der Waals surface area contributed by atoms with Gasteiger partial charge in [0.05, 0.1) is 0 Å². The number of benzene rings is 12. The van der Waals surface area contributed by atoms with Gasteiger partial charge < -0.3 is 9.80 Å². The van der Waals surface area contributed by atoms with Gasteiger partial charge in [-0.25, -0.2) is 0 Å². The van der Waals surface area contributed by atoms with Crippen LogP contribution in [0.25, 0.3) is 75.8 Å². The molecule has 0 aliphatic rings. The summed E-state index contributed by atoms with van der Waals surface area (Å²) in [6, 6.07) is 80.0. The highest BCUT2D eigenvalue weighted by Gasteiger charge is 2.18. The second-order valence-electron chi connectivity index (χ2n) is 15.4. The van der Waals surface area contributed by atoms with E-state index in [1.807, 2.05) is 0 Å². The Bertz CT molecular complexity index is 3070. The summed E-state index contributed by atoms with van der Waals surface area (Å²) in [4.78, 5) is 4.74. The van der Waals surface area contributed by atoms with Gasteiger partial charge in [0.25, 0.3) is 0 Å². The first-order chi connectivity index (χ1) is 28.7. The van der Waals surface area contributed by atoms with Crippen molar-refractivity contribution in [3.05, 3.63) is 218 Å². The third-order valence-electron chi connectivity index (χ3n) is 12.0. The summed E-state index contributed by atoms with van der Waals surface area (Å²) in [5.74, 6) is 0. The second kappa shape index (κ2) is 12.9. The van der Waals surface area contributed by atoms with Crippen molar-refractivity contribution in [2.75, 3.05) is 9.80 Å². The average Bonchev–Trinajstić information content (AvgIpc) is 3.29. The Morgan fingerprint density at radius 2 is 0.466 bits per heavy atom. The molecule has 0 saturated heterocycles. The molecule has 0 fully saturated rings. The number of para-hydroxylation sites is 2. The Morgan fingerprint density at radius 3 is 0.793 bits per heavy atom. The lowest BCUT2D eigenvalue weighted by Crippen LogP contribution is -2.10. The molecule has 0 spiro atoms. The van der Waals surface area contributed by atoms with Gasteiger partial charge in [-0.1, -0.05) is 146 Å². The number of hydrogen-bond donors (Lipinski definition) is 0. The lowest BCUT2D eigenvalue weighted by molar-refractivity contribution is 1.29. The van der Waals surface area contributed by atoms with Gasteiger partial charge in [-0.15, -0.1) is 0 Å². The van der Waals surface area contributed by atoms with E-state index in [-0.39, 0.29) is 0 Å². The quantitative estimate of drug-likeness (QED) is 0.150. The van der Waals surface area contributed by atoms with E-state index in [1.165, 1.54) is 75.8 Å². The molecule has 0 atom stereocenters. The summed E-state index contributed by atoms with van der Waals surface area (Å²) >= 11 is 0. The molecule has 12 rings (SSSR count). The standard InChI is InChI=1S/C56H36N2/c1-3-13-47(14-4-1)57(51-33-43-21-17-39-9-7-10-40-18-22-44(34-51)55(43)53(39)40)49-29-25-37(26-30-49)38-27-31-50(32-28-38)58(48-15-5-2-6-16-48)52-35-45-23-19-41-11-8-12-42-20-24-46(36-52)56(45)54(41)42/h1-36H. The van der Waals surface area contributed by atoms with Crippen molar-refractivity contribution in [3.63, 3.8) is 0 Å². The smallest absolute Gasteiger partial charge is 0.0473 e.